The van der Waals surface area contributed by atoms with Crippen molar-refractivity contribution in [2.24, 2.45) is 0 Å². The predicted octanol–water partition coefficient (Wildman–Crippen LogP) is 3.46. The number of rotatable bonds is 7. The first-order valence-electron chi connectivity index (χ1n) is 10.9. The Morgan fingerprint density at radius 3 is 2.38 bits per heavy atom. The van der Waals surface area contributed by atoms with Crippen molar-refractivity contribution in [2.45, 2.75) is 20.3 Å². The molecule has 0 aromatic heterocycles. The summed E-state index contributed by atoms with van der Waals surface area (Å²) in [5.74, 6) is -1.21. The highest BCUT2D eigenvalue weighted by Crippen LogP contribution is 2.36. The summed E-state index contributed by atoms with van der Waals surface area (Å²) in [5.41, 5.74) is 2.90. The molecule has 10 nitrogen and oxygen atoms in total. The number of hydrogen-bond donors (Lipinski definition) is 2. The monoisotopic (exact) mass is 544 g/mol. The Balaban J connectivity index is 1.78. The molecule has 0 radical (unpaired) electrons. The molecule has 3 aromatic carbocycles. The Kier molecular flexibility index (Phi) is 6.89. The third-order valence-electron chi connectivity index (χ3n) is 5.33. The van der Waals surface area contributed by atoms with Gasteiger partial charge in [0.15, 0.2) is 5.75 Å². The molecule has 194 valence electrons. The van der Waals surface area contributed by atoms with Gasteiger partial charge in [0.1, 0.15) is 11.4 Å². The second-order valence-corrected chi connectivity index (χ2v) is 11.6. The topological polar surface area (TPSA) is 139 Å². The first kappa shape index (κ1) is 26.0. The van der Waals surface area contributed by atoms with Gasteiger partial charge in [0.2, 0.25) is 5.88 Å². The minimum Gasteiger partial charge on any atom is -0.493 e. The Labute approximate surface area is 215 Å². The van der Waals surface area contributed by atoms with Crippen molar-refractivity contribution < 1.29 is 35.7 Å². The first-order chi connectivity index (χ1) is 17.3. The molecule has 0 atom stereocenters. The molecule has 0 unspecified atom stereocenters. The number of aryl methyl sites for hydroxylation is 2. The molecule has 1 aliphatic heterocycles. The maximum atomic E-state index is 12.8. The van der Waals surface area contributed by atoms with Crippen molar-refractivity contribution >= 4 is 32.0 Å². The molecule has 2 N–H and O–H groups in total. The van der Waals surface area contributed by atoms with E-state index in [1.54, 1.807) is 55.5 Å². The number of ether oxygens (including phenoxy) is 1. The van der Waals surface area contributed by atoms with E-state index in [1.165, 1.54) is 12.1 Å². The predicted molar refractivity (Wildman–Crippen MR) is 137 cm³/mol. The fourth-order valence-electron chi connectivity index (χ4n) is 3.92. The van der Waals surface area contributed by atoms with E-state index in [-0.39, 0.29) is 29.2 Å². The zero-order valence-electron chi connectivity index (χ0n) is 20.1. The molecule has 1 aliphatic rings. The van der Waals surface area contributed by atoms with Gasteiger partial charge in [0, 0.05) is 12.0 Å². The molecule has 0 amide bonds. The summed E-state index contributed by atoms with van der Waals surface area (Å²) >= 11 is 0. The zero-order chi connectivity index (χ0) is 27.0. The standard InChI is InChI=1S/C25H24N2O8S2/c1-16-11-17(2)24(35-36(3,30)31)20(12-16)13-18-9-10-21(27-15-23(28)26-37(27,32)33)22(14-18)34-25(29)19-7-5-4-6-8-19/h4-12,14-15,26,28H,13H2,1-3H3. The number of esters is 1. The van der Waals surface area contributed by atoms with Gasteiger partial charge in [-0.25, -0.2) is 13.8 Å². The normalized spacial score (nSPS) is 14.6. The number of carbonyl (C=O) groups excluding carboxylic acids is 1. The number of hydrogen-bond acceptors (Lipinski definition) is 8. The summed E-state index contributed by atoms with van der Waals surface area (Å²) < 4.78 is 62.3. The number of aliphatic hydroxyl groups excluding tert-OH is 1. The molecular formula is C25H24N2O8S2. The lowest BCUT2D eigenvalue weighted by molar-refractivity contribution is 0.0735. The van der Waals surface area contributed by atoms with E-state index in [2.05, 4.69) is 0 Å². The van der Waals surface area contributed by atoms with Crippen LogP contribution < -0.4 is 17.9 Å². The van der Waals surface area contributed by atoms with Crippen LogP contribution in [0.5, 0.6) is 11.5 Å². The smallest absolute Gasteiger partial charge is 0.343 e. The van der Waals surface area contributed by atoms with Gasteiger partial charge < -0.3 is 14.0 Å². The van der Waals surface area contributed by atoms with Crippen molar-refractivity contribution in [1.29, 1.82) is 0 Å². The summed E-state index contributed by atoms with van der Waals surface area (Å²) in [7, 11) is -7.96. The summed E-state index contributed by atoms with van der Waals surface area (Å²) in [6.45, 7) is 3.60. The van der Waals surface area contributed by atoms with E-state index in [4.69, 9.17) is 8.92 Å². The van der Waals surface area contributed by atoms with Gasteiger partial charge >= 0.3 is 26.3 Å². The van der Waals surface area contributed by atoms with Gasteiger partial charge in [0.25, 0.3) is 0 Å². The summed E-state index contributed by atoms with van der Waals surface area (Å²) in [5, 5.41) is 9.73. The van der Waals surface area contributed by atoms with Gasteiger partial charge in [-0.2, -0.15) is 16.8 Å². The molecule has 0 saturated carbocycles. The number of nitrogens with one attached hydrogen (secondary N) is 1. The van der Waals surface area contributed by atoms with Crippen LogP contribution in [0.2, 0.25) is 0 Å². The Bertz CT molecular complexity index is 1620. The fraction of sp³-hybridized carbons (Fsp3) is 0.160. The number of benzene rings is 3. The van der Waals surface area contributed by atoms with Gasteiger partial charge in [-0.15, -0.1) is 0 Å². The minimum atomic E-state index is -4.16. The fourth-order valence-corrected chi connectivity index (χ4v) is 5.52. The van der Waals surface area contributed by atoms with Gasteiger partial charge in [-0.3, -0.25) is 0 Å². The molecule has 12 heteroatoms. The summed E-state index contributed by atoms with van der Waals surface area (Å²) in [4.78, 5) is 12.8. The molecule has 0 aliphatic carbocycles. The first-order valence-corrected chi connectivity index (χ1v) is 14.2. The van der Waals surface area contributed by atoms with Crippen LogP contribution in [-0.4, -0.2) is 34.2 Å². The molecule has 0 spiro atoms. The van der Waals surface area contributed by atoms with E-state index >= 15 is 0 Å². The van der Waals surface area contributed by atoms with Gasteiger partial charge in [-0.1, -0.05) is 42.0 Å². The third kappa shape index (κ3) is 6.04. The maximum absolute atomic E-state index is 12.8. The van der Waals surface area contributed by atoms with Crippen LogP contribution in [0.25, 0.3) is 0 Å². The highest BCUT2D eigenvalue weighted by atomic mass is 32.2. The quantitative estimate of drug-likeness (QED) is 0.262. The minimum absolute atomic E-state index is 0.0161. The number of anilines is 1. The molecule has 0 bridgehead atoms. The Hall–Kier alpha value is -4.03. The maximum Gasteiger partial charge on any atom is 0.343 e. The van der Waals surface area contributed by atoms with Crippen molar-refractivity contribution in [1.82, 2.24) is 4.72 Å². The second kappa shape index (κ2) is 9.79. The molecule has 1 heterocycles. The zero-order valence-corrected chi connectivity index (χ0v) is 21.8. The summed E-state index contributed by atoms with van der Waals surface area (Å²) in [6.07, 6.45) is 2.10. The van der Waals surface area contributed by atoms with Crippen LogP contribution in [0.4, 0.5) is 5.69 Å². The highest BCUT2D eigenvalue weighted by molar-refractivity contribution is 7.91. The van der Waals surface area contributed by atoms with Crippen LogP contribution in [0, 0.1) is 13.8 Å². The van der Waals surface area contributed by atoms with Crippen molar-refractivity contribution in [3.8, 4) is 11.5 Å². The SMILES string of the molecule is Cc1cc(C)c(OS(C)(=O)=O)c(Cc2ccc(N3C=C(O)NS3(=O)=O)c(OC(=O)c3ccccc3)c2)c1. The van der Waals surface area contributed by atoms with Crippen LogP contribution in [0.15, 0.2) is 72.7 Å². The lowest BCUT2D eigenvalue weighted by atomic mass is 9.99. The van der Waals surface area contributed by atoms with Crippen LogP contribution >= 0.6 is 0 Å². The molecular weight excluding hydrogens is 520 g/mol. The summed E-state index contributed by atoms with van der Waals surface area (Å²) in [6, 6.07) is 16.3. The van der Waals surface area contributed by atoms with Crippen molar-refractivity contribution in [2.75, 3.05) is 10.6 Å². The van der Waals surface area contributed by atoms with Gasteiger partial charge in [0.05, 0.1) is 18.0 Å². The average molecular weight is 545 g/mol. The van der Waals surface area contributed by atoms with E-state index in [1.807, 2.05) is 11.6 Å². The largest absolute Gasteiger partial charge is 0.493 e. The number of nitrogens with zero attached hydrogens (tertiary/aromatic N) is 1. The van der Waals surface area contributed by atoms with E-state index in [9.17, 15) is 26.7 Å². The van der Waals surface area contributed by atoms with E-state index in [0.29, 0.717) is 16.7 Å². The lowest BCUT2D eigenvalue weighted by Gasteiger charge is -2.19. The number of carbonyl (C=O) groups is 1. The molecule has 37 heavy (non-hydrogen) atoms. The molecule has 4 rings (SSSR count). The van der Waals surface area contributed by atoms with Crippen LogP contribution in [0.3, 0.4) is 0 Å². The van der Waals surface area contributed by atoms with Crippen LogP contribution in [-0.2, 0) is 26.7 Å². The van der Waals surface area contributed by atoms with Crippen molar-refractivity contribution in [3.63, 3.8) is 0 Å². The second-order valence-electron chi connectivity index (χ2n) is 8.51. The van der Waals surface area contributed by atoms with E-state index < -0.39 is 32.2 Å². The third-order valence-corrected chi connectivity index (χ3v) is 7.09. The lowest BCUT2D eigenvalue weighted by Crippen LogP contribution is -2.30. The molecule has 0 fully saturated rings. The highest BCUT2D eigenvalue weighted by Gasteiger charge is 2.31. The van der Waals surface area contributed by atoms with Crippen LogP contribution in [0.1, 0.15) is 32.6 Å². The molecule has 0 saturated heterocycles. The molecule has 3 aromatic rings. The number of aliphatic hydroxyl groups is 1. The van der Waals surface area contributed by atoms with E-state index in [0.717, 1.165) is 22.3 Å². The van der Waals surface area contributed by atoms with Crippen molar-refractivity contribution in [3.05, 3.63) is 101 Å². The average Bonchev–Trinajstić information content (AvgIpc) is 3.08. The van der Waals surface area contributed by atoms with Gasteiger partial charge in [-0.05, 0) is 49.2 Å². The Morgan fingerprint density at radius 1 is 1.05 bits per heavy atom. The Morgan fingerprint density at radius 2 is 1.76 bits per heavy atom.